The van der Waals surface area contributed by atoms with Gasteiger partial charge in [-0.2, -0.15) is 0 Å². The summed E-state index contributed by atoms with van der Waals surface area (Å²) < 4.78 is 17.7. The predicted octanol–water partition coefficient (Wildman–Crippen LogP) is 4.93. The van der Waals surface area contributed by atoms with Crippen molar-refractivity contribution in [1.29, 1.82) is 0 Å². The number of carbonyl (C=O) groups is 1. The van der Waals surface area contributed by atoms with Gasteiger partial charge in [0.15, 0.2) is 0 Å². The number of nitrogens with one attached hydrogen (secondary N) is 1. The maximum Gasteiger partial charge on any atom is 0.321 e. The third-order valence-electron chi connectivity index (χ3n) is 4.01. The second-order valence-corrected chi connectivity index (χ2v) is 10.1. The van der Waals surface area contributed by atoms with Crippen LogP contribution in [-0.4, -0.2) is 40.1 Å². The van der Waals surface area contributed by atoms with E-state index in [1.807, 2.05) is 45.0 Å². The van der Waals surface area contributed by atoms with E-state index < -0.39 is 10.8 Å². The molecule has 2 aromatic rings. The zero-order valence-electron chi connectivity index (χ0n) is 16.7. The molecule has 28 heavy (non-hydrogen) atoms. The SMILES string of the molecule is CN(CCOc1ccc(Cl)cc1)C(=O)Nc1cccc(CS(=O)C(C)(C)C)c1. The van der Waals surface area contributed by atoms with E-state index in [9.17, 15) is 9.00 Å². The van der Waals surface area contributed by atoms with Gasteiger partial charge in [0.25, 0.3) is 0 Å². The van der Waals surface area contributed by atoms with Gasteiger partial charge in [-0.1, -0.05) is 23.7 Å². The van der Waals surface area contributed by atoms with E-state index in [2.05, 4.69) is 5.32 Å². The molecule has 2 rings (SSSR count). The van der Waals surface area contributed by atoms with E-state index in [-0.39, 0.29) is 10.8 Å². The van der Waals surface area contributed by atoms with Crippen molar-refractivity contribution in [2.24, 2.45) is 0 Å². The summed E-state index contributed by atoms with van der Waals surface area (Å²) in [7, 11) is 0.717. The number of hydrogen-bond donors (Lipinski definition) is 1. The van der Waals surface area contributed by atoms with Crippen LogP contribution in [0, 0.1) is 0 Å². The summed E-state index contributed by atoms with van der Waals surface area (Å²) in [5.41, 5.74) is 1.61. The second-order valence-electron chi connectivity index (χ2n) is 7.46. The first kappa shape index (κ1) is 22.2. The molecule has 0 aliphatic carbocycles. The number of rotatable bonds is 7. The van der Waals surface area contributed by atoms with Crippen LogP contribution in [0.4, 0.5) is 10.5 Å². The normalized spacial score (nSPS) is 12.3. The number of ether oxygens (including phenoxy) is 1. The summed E-state index contributed by atoms with van der Waals surface area (Å²) in [4.78, 5) is 13.9. The van der Waals surface area contributed by atoms with Crippen LogP contribution in [0.2, 0.25) is 5.02 Å². The van der Waals surface area contributed by atoms with E-state index in [4.69, 9.17) is 16.3 Å². The van der Waals surface area contributed by atoms with E-state index in [0.29, 0.717) is 35.4 Å². The van der Waals surface area contributed by atoms with Crippen molar-refractivity contribution in [3.63, 3.8) is 0 Å². The molecular formula is C21H27ClN2O3S. The molecule has 0 saturated heterocycles. The van der Waals surface area contributed by atoms with Crippen molar-refractivity contribution >= 4 is 34.1 Å². The number of halogens is 1. The van der Waals surface area contributed by atoms with Crippen LogP contribution in [0.25, 0.3) is 0 Å². The van der Waals surface area contributed by atoms with Gasteiger partial charge in [-0.05, 0) is 62.7 Å². The molecular weight excluding hydrogens is 396 g/mol. The maximum atomic E-state index is 12.4. The van der Waals surface area contributed by atoms with Gasteiger partial charge >= 0.3 is 6.03 Å². The molecule has 0 spiro atoms. The zero-order chi connectivity index (χ0) is 20.7. The first-order valence-electron chi connectivity index (χ1n) is 9.03. The van der Waals surface area contributed by atoms with Crippen molar-refractivity contribution in [2.75, 3.05) is 25.5 Å². The lowest BCUT2D eigenvalue weighted by Gasteiger charge is -2.19. The lowest BCUT2D eigenvalue weighted by Crippen LogP contribution is -2.34. The fraction of sp³-hybridized carbons (Fsp3) is 0.381. The highest BCUT2D eigenvalue weighted by atomic mass is 35.5. The minimum Gasteiger partial charge on any atom is -0.492 e. The number of nitrogens with zero attached hydrogens (tertiary/aromatic N) is 1. The number of benzene rings is 2. The average Bonchev–Trinajstić information content (AvgIpc) is 2.62. The summed E-state index contributed by atoms with van der Waals surface area (Å²) in [6.45, 7) is 6.67. The highest BCUT2D eigenvalue weighted by molar-refractivity contribution is 7.85. The van der Waals surface area contributed by atoms with Gasteiger partial charge in [-0.3, -0.25) is 4.21 Å². The molecule has 1 atom stereocenters. The first-order chi connectivity index (χ1) is 13.1. The Morgan fingerprint density at radius 2 is 1.86 bits per heavy atom. The van der Waals surface area contributed by atoms with Crippen LogP contribution in [0.15, 0.2) is 48.5 Å². The topological polar surface area (TPSA) is 58.6 Å². The fourth-order valence-corrected chi connectivity index (χ4v) is 3.30. The molecule has 0 heterocycles. The third kappa shape index (κ3) is 7.17. The Balaban J connectivity index is 1.85. The minimum atomic E-state index is -0.990. The molecule has 2 aromatic carbocycles. The minimum absolute atomic E-state index is 0.228. The summed E-state index contributed by atoms with van der Waals surface area (Å²) >= 11 is 5.84. The Kier molecular flexibility index (Phi) is 7.89. The van der Waals surface area contributed by atoms with Gasteiger partial charge in [-0.15, -0.1) is 0 Å². The predicted molar refractivity (Wildman–Crippen MR) is 117 cm³/mol. The molecule has 0 fully saturated rings. The zero-order valence-corrected chi connectivity index (χ0v) is 18.3. The average molecular weight is 423 g/mol. The number of likely N-dealkylation sites (N-methyl/N-ethyl adjacent to an activating group) is 1. The second kappa shape index (κ2) is 9.94. The quantitative estimate of drug-likeness (QED) is 0.688. The Bertz CT molecular complexity index is 819. The molecule has 2 amide bonds. The Morgan fingerprint density at radius 3 is 2.50 bits per heavy atom. The molecule has 0 aliphatic heterocycles. The third-order valence-corrected chi connectivity index (χ3v) is 6.23. The first-order valence-corrected chi connectivity index (χ1v) is 10.7. The van der Waals surface area contributed by atoms with Crippen LogP contribution in [0.1, 0.15) is 26.3 Å². The smallest absolute Gasteiger partial charge is 0.321 e. The van der Waals surface area contributed by atoms with Gasteiger partial charge in [0.2, 0.25) is 0 Å². The van der Waals surface area contributed by atoms with Gasteiger partial charge < -0.3 is 15.0 Å². The van der Waals surface area contributed by atoms with E-state index in [1.165, 1.54) is 0 Å². The van der Waals surface area contributed by atoms with E-state index >= 15 is 0 Å². The summed E-state index contributed by atoms with van der Waals surface area (Å²) in [5, 5.41) is 3.52. The molecule has 152 valence electrons. The monoisotopic (exact) mass is 422 g/mol. The Labute approximate surface area is 174 Å². The van der Waals surface area contributed by atoms with Crippen molar-refractivity contribution in [1.82, 2.24) is 4.90 Å². The number of urea groups is 1. The molecule has 0 aliphatic rings. The van der Waals surface area contributed by atoms with Crippen LogP contribution >= 0.6 is 11.6 Å². The molecule has 1 N–H and O–H groups in total. The van der Waals surface area contributed by atoms with Crippen LogP contribution in [-0.2, 0) is 16.6 Å². The lowest BCUT2D eigenvalue weighted by molar-refractivity contribution is 0.207. The maximum absolute atomic E-state index is 12.4. The highest BCUT2D eigenvalue weighted by Crippen LogP contribution is 2.19. The van der Waals surface area contributed by atoms with Gasteiger partial charge in [0.1, 0.15) is 12.4 Å². The molecule has 7 heteroatoms. The molecule has 0 aromatic heterocycles. The van der Waals surface area contributed by atoms with Crippen molar-refractivity contribution in [3.05, 3.63) is 59.1 Å². The number of hydrogen-bond acceptors (Lipinski definition) is 3. The molecule has 0 radical (unpaired) electrons. The van der Waals surface area contributed by atoms with Crippen LogP contribution in [0.3, 0.4) is 0 Å². The van der Waals surface area contributed by atoms with Crippen molar-refractivity contribution in [2.45, 2.75) is 31.3 Å². The number of amides is 2. The fourth-order valence-electron chi connectivity index (χ4n) is 2.26. The van der Waals surface area contributed by atoms with Crippen LogP contribution < -0.4 is 10.1 Å². The standard InChI is InChI=1S/C21H27ClN2O3S/c1-21(2,3)28(26)15-16-6-5-7-18(14-16)23-20(25)24(4)12-13-27-19-10-8-17(22)9-11-19/h5-11,14H,12-13,15H2,1-4H3,(H,23,25). The van der Waals surface area contributed by atoms with Crippen molar-refractivity contribution in [3.8, 4) is 5.75 Å². The lowest BCUT2D eigenvalue weighted by atomic mass is 10.2. The van der Waals surface area contributed by atoms with Gasteiger partial charge in [0, 0.05) is 39.1 Å². The van der Waals surface area contributed by atoms with Gasteiger partial charge in [0.05, 0.1) is 6.54 Å². The number of carbonyl (C=O) groups excluding carboxylic acids is 1. The Hall–Kier alpha value is -2.05. The molecule has 0 saturated carbocycles. The van der Waals surface area contributed by atoms with Crippen LogP contribution in [0.5, 0.6) is 5.75 Å². The van der Waals surface area contributed by atoms with Gasteiger partial charge in [-0.25, -0.2) is 4.79 Å². The summed E-state index contributed by atoms with van der Waals surface area (Å²) in [6.07, 6.45) is 0. The highest BCUT2D eigenvalue weighted by Gasteiger charge is 2.19. The molecule has 0 bridgehead atoms. The molecule has 5 nitrogen and oxygen atoms in total. The summed E-state index contributed by atoms with van der Waals surface area (Å²) in [6, 6.07) is 14.3. The van der Waals surface area contributed by atoms with E-state index in [0.717, 1.165) is 5.56 Å². The number of anilines is 1. The summed E-state index contributed by atoms with van der Waals surface area (Å²) in [5.74, 6) is 1.16. The van der Waals surface area contributed by atoms with E-state index in [1.54, 1.807) is 36.2 Å². The van der Waals surface area contributed by atoms with Crippen molar-refractivity contribution < 1.29 is 13.7 Å². The Morgan fingerprint density at radius 1 is 1.18 bits per heavy atom. The molecule has 1 unspecified atom stereocenters. The largest absolute Gasteiger partial charge is 0.492 e.